The Morgan fingerprint density at radius 1 is 1.22 bits per heavy atom. The summed E-state index contributed by atoms with van der Waals surface area (Å²) in [6, 6.07) is 3.24. The number of amidine groups is 1. The molecule has 0 radical (unpaired) electrons. The van der Waals surface area contributed by atoms with E-state index in [-0.39, 0.29) is 11.4 Å². The Morgan fingerprint density at radius 2 is 1.83 bits per heavy atom. The first kappa shape index (κ1) is 16.8. The minimum atomic E-state index is -5.23. The fraction of sp³-hybridized carbons (Fsp3) is 0.357. The van der Waals surface area contributed by atoms with Crippen molar-refractivity contribution in [3.63, 3.8) is 0 Å². The molecule has 2 rings (SSSR count). The third-order valence-electron chi connectivity index (χ3n) is 3.34. The van der Waals surface area contributed by atoms with Crippen LogP contribution in [0.4, 0.5) is 13.2 Å². The highest BCUT2D eigenvalue weighted by molar-refractivity contribution is 6.00. The number of benzene rings is 1. The number of carboxylic acid groups (broad SMARTS) is 1. The Labute approximate surface area is 129 Å². The van der Waals surface area contributed by atoms with Crippen molar-refractivity contribution >= 4 is 17.8 Å². The number of halogens is 3. The molecule has 1 aliphatic rings. The number of hydrogen-bond donors (Lipinski definition) is 2. The zero-order valence-electron chi connectivity index (χ0n) is 11.8. The monoisotopic (exact) mass is 330 g/mol. The Balaban J connectivity index is 2.29. The second kappa shape index (κ2) is 6.27. The van der Waals surface area contributed by atoms with Gasteiger partial charge in [0, 0.05) is 18.7 Å². The van der Waals surface area contributed by atoms with Crippen LogP contribution in [0.2, 0.25) is 0 Å². The first-order valence-electron chi connectivity index (χ1n) is 6.70. The van der Waals surface area contributed by atoms with Crippen LogP contribution < -0.4 is 4.74 Å². The molecule has 0 amide bonds. The number of alkyl halides is 3. The normalized spacial score (nSPS) is 14.7. The van der Waals surface area contributed by atoms with E-state index in [1.54, 1.807) is 4.90 Å². The van der Waals surface area contributed by atoms with Crippen molar-refractivity contribution in [1.82, 2.24) is 4.90 Å². The standard InChI is InChI=1S/C14H13F3N2O4/c15-14(16,17)13(22)23-10-4-3-8(7-9(10)12(20)21)11(18)19-5-1-2-6-19/h3-4,7,18H,1-2,5-6H2,(H,20,21). The van der Waals surface area contributed by atoms with Crippen molar-refractivity contribution in [2.24, 2.45) is 0 Å². The minimum absolute atomic E-state index is 0.0821. The van der Waals surface area contributed by atoms with Crippen molar-refractivity contribution in [3.8, 4) is 5.75 Å². The quantitative estimate of drug-likeness (QED) is 0.384. The lowest BCUT2D eigenvalue weighted by Crippen LogP contribution is -2.29. The molecule has 23 heavy (non-hydrogen) atoms. The van der Waals surface area contributed by atoms with Crippen LogP contribution in [-0.4, -0.2) is 47.0 Å². The first-order valence-corrected chi connectivity index (χ1v) is 6.70. The summed E-state index contributed by atoms with van der Waals surface area (Å²) in [6.45, 7) is 1.32. The SMILES string of the molecule is N=C(c1ccc(OC(=O)C(F)(F)F)c(C(=O)O)c1)N1CCCC1. The maximum atomic E-state index is 12.2. The van der Waals surface area contributed by atoms with E-state index in [2.05, 4.69) is 4.74 Å². The predicted octanol–water partition coefficient (Wildman–Crippen LogP) is 2.27. The second-order valence-corrected chi connectivity index (χ2v) is 4.95. The number of likely N-dealkylation sites (tertiary alicyclic amines) is 1. The number of carbonyl (C=O) groups excluding carboxylic acids is 1. The van der Waals surface area contributed by atoms with E-state index in [9.17, 15) is 22.8 Å². The van der Waals surface area contributed by atoms with Crippen molar-refractivity contribution in [2.75, 3.05) is 13.1 Å². The Hall–Kier alpha value is -2.58. The molecule has 1 heterocycles. The molecule has 6 nitrogen and oxygen atoms in total. The zero-order valence-corrected chi connectivity index (χ0v) is 11.8. The van der Waals surface area contributed by atoms with Gasteiger partial charge in [-0.25, -0.2) is 9.59 Å². The van der Waals surface area contributed by atoms with Crippen LogP contribution >= 0.6 is 0 Å². The van der Waals surface area contributed by atoms with E-state index >= 15 is 0 Å². The van der Waals surface area contributed by atoms with Gasteiger partial charge in [-0.3, -0.25) is 5.41 Å². The van der Waals surface area contributed by atoms with Crippen LogP contribution in [0.3, 0.4) is 0 Å². The lowest BCUT2D eigenvalue weighted by Gasteiger charge is -2.19. The summed E-state index contributed by atoms with van der Waals surface area (Å²) in [4.78, 5) is 23.8. The minimum Gasteiger partial charge on any atom is -0.478 e. The van der Waals surface area contributed by atoms with Crippen molar-refractivity contribution in [2.45, 2.75) is 19.0 Å². The number of nitrogens with one attached hydrogen (secondary N) is 1. The van der Waals surface area contributed by atoms with Gasteiger partial charge in [-0.05, 0) is 31.0 Å². The molecular weight excluding hydrogens is 317 g/mol. The molecule has 0 bridgehead atoms. The molecular formula is C14H13F3N2O4. The highest BCUT2D eigenvalue weighted by Gasteiger charge is 2.42. The number of carbonyl (C=O) groups is 2. The van der Waals surface area contributed by atoms with Crippen molar-refractivity contribution in [1.29, 1.82) is 5.41 Å². The predicted molar refractivity (Wildman–Crippen MR) is 72.7 cm³/mol. The molecule has 0 aromatic heterocycles. The van der Waals surface area contributed by atoms with Gasteiger partial charge < -0.3 is 14.7 Å². The average molecular weight is 330 g/mol. The smallest absolute Gasteiger partial charge is 0.478 e. The van der Waals surface area contributed by atoms with E-state index < -0.39 is 29.4 Å². The number of esters is 1. The van der Waals surface area contributed by atoms with Gasteiger partial charge in [0.15, 0.2) is 0 Å². The van der Waals surface area contributed by atoms with Crippen LogP contribution in [-0.2, 0) is 4.79 Å². The second-order valence-electron chi connectivity index (χ2n) is 4.95. The molecule has 0 aliphatic carbocycles. The molecule has 9 heteroatoms. The fourth-order valence-corrected chi connectivity index (χ4v) is 2.21. The van der Waals surface area contributed by atoms with E-state index in [4.69, 9.17) is 10.5 Å². The van der Waals surface area contributed by atoms with E-state index in [0.29, 0.717) is 13.1 Å². The lowest BCUT2D eigenvalue weighted by molar-refractivity contribution is -0.189. The third kappa shape index (κ3) is 3.79. The number of hydrogen-bond acceptors (Lipinski definition) is 4. The van der Waals surface area contributed by atoms with Crippen molar-refractivity contribution < 1.29 is 32.6 Å². The Kier molecular flexibility index (Phi) is 4.57. The van der Waals surface area contributed by atoms with Gasteiger partial charge in [-0.1, -0.05) is 0 Å². The number of aromatic carboxylic acids is 1. The van der Waals surface area contributed by atoms with Crippen molar-refractivity contribution in [3.05, 3.63) is 29.3 Å². The summed E-state index contributed by atoms with van der Waals surface area (Å²) >= 11 is 0. The average Bonchev–Trinajstić information content (AvgIpc) is 2.99. The number of ether oxygens (including phenoxy) is 1. The van der Waals surface area contributed by atoms with Gasteiger partial charge in [0.2, 0.25) is 0 Å². The van der Waals surface area contributed by atoms with Crippen LogP contribution in [0, 0.1) is 5.41 Å². The van der Waals surface area contributed by atoms with Gasteiger partial charge in [0.25, 0.3) is 0 Å². The highest BCUT2D eigenvalue weighted by atomic mass is 19.4. The topological polar surface area (TPSA) is 90.7 Å². The highest BCUT2D eigenvalue weighted by Crippen LogP contribution is 2.25. The van der Waals surface area contributed by atoms with Crippen LogP contribution in [0.1, 0.15) is 28.8 Å². The lowest BCUT2D eigenvalue weighted by atomic mass is 10.1. The van der Waals surface area contributed by atoms with Gasteiger partial charge in [0.1, 0.15) is 17.1 Å². The Bertz CT molecular complexity index is 652. The van der Waals surface area contributed by atoms with Gasteiger partial charge >= 0.3 is 18.1 Å². The summed E-state index contributed by atoms with van der Waals surface area (Å²) in [5, 5.41) is 17.1. The molecule has 1 aliphatic heterocycles. The molecule has 0 saturated carbocycles. The molecule has 1 saturated heterocycles. The first-order chi connectivity index (χ1) is 10.7. The summed E-state index contributed by atoms with van der Waals surface area (Å²) in [5.41, 5.74) is -0.375. The summed E-state index contributed by atoms with van der Waals surface area (Å²) < 4.78 is 40.8. The molecule has 1 aromatic rings. The van der Waals surface area contributed by atoms with Crippen LogP contribution in [0.15, 0.2) is 18.2 Å². The Morgan fingerprint density at radius 3 is 2.35 bits per heavy atom. The molecule has 0 unspecified atom stereocenters. The molecule has 1 aromatic carbocycles. The molecule has 0 atom stereocenters. The van der Waals surface area contributed by atoms with Gasteiger partial charge in [0.05, 0.1) is 0 Å². The number of carboxylic acids is 1. The largest absolute Gasteiger partial charge is 0.491 e. The molecule has 2 N–H and O–H groups in total. The fourth-order valence-electron chi connectivity index (χ4n) is 2.21. The van der Waals surface area contributed by atoms with E-state index in [0.717, 1.165) is 25.0 Å². The van der Waals surface area contributed by atoms with Gasteiger partial charge in [-0.2, -0.15) is 13.2 Å². The van der Waals surface area contributed by atoms with Crippen LogP contribution in [0.5, 0.6) is 5.75 Å². The molecule has 124 valence electrons. The summed E-state index contributed by atoms with van der Waals surface area (Å²) in [6.07, 6.45) is -3.40. The van der Waals surface area contributed by atoms with Crippen LogP contribution in [0.25, 0.3) is 0 Å². The maximum Gasteiger partial charge on any atom is 0.491 e. The van der Waals surface area contributed by atoms with Gasteiger partial charge in [-0.15, -0.1) is 0 Å². The third-order valence-corrected chi connectivity index (χ3v) is 3.34. The summed E-state index contributed by atoms with van der Waals surface area (Å²) in [5.74, 6) is -4.68. The molecule has 1 fully saturated rings. The summed E-state index contributed by atoms with van der Waals surface area (Å²) in [7, 11) is 0. The maximum absolute atomic E-state index is 12.2. The number of rotatable bonds is 3. The number of nitrogens with zero attached hydrogens (tertiary/aromatic N) is 1. The van der Waals surface area contributed by atoms with E-state index in [1.807, 2.05) is 0 Å². The van der Waals surface area contributed by atoms with E-state index in [1.165, 1.54) is 6.07 Å². The zero-order chi connectivity index (χ0) is 17.2. The molecule has 0 spiro atoms.